The zero-order valence-electron chi connectivity index (χ0n) is 13.8. The minimum absolute atomic E-state index is 0.246. The topological polar surface area (TPSA) is 43.4 Å². The average molecular weight is 323 g/mol. The van der Waals surface area contributed by atoms with Crippen LogP contribution in [0.2, 0.25) is 0 Å². The summed E-state index contributed by atoms with van der Waals surface area (Å²) in [5.41, 5.74) is 3.27. The van der Waals surface area contributed by atoms with Crippen molar-refractivity contribution in [2.75, 3.05) is 19.8 Å². The zero-order chi connectivity index (χ0) is 16.4. The second kappa shape index (κ2) is 6.63. The Kier molecular flexibility index (Phi) is 4.19. The molecule has 0 aliphatic carbocycles. The molecule has 5 heteroatoms. The first-order valence-electron chi connectivity index (χ1n) is 8.25. The Hall–Kier alpha value is -2.37. The Morgan fingerprint density at radius 2 is 2.04 bits per heavy atom. The summed E-state index contributed by atoms with van der Waals surface area (Å²) in [6.45, 7) is 3.12. The number of aromatic nitrogens is 2. The van der Waals surface area contributed by atoms with Crippen LogP contribution in [-0.4, -0.2) is 34.4 Å². The van der Waals surface area contributed by atoms with Gasteiger partial charge in [-0.25, -0.2) is 0 Å². The predicted octanol–water partition coefficient (Wildman–Crippen LogP) is 3.25. The van der Waals surface area contributed by atoms with Gasteiger partial charge in [0.2, 0.25) is 0 Å². The van der Waals surface area contributed by atoms with Crippen LogP contribution in [0, 0.1) is 0 Å². The molecule has 4 rings (SSSR count). The molecule has 0 spiro atoms. The van der Waals surface area contributed by atoms with Crippen LogP contribution in [-0.2, 0) is 18.3 Å². The quantitative estimate of drug-likeness (QED) is 0.739. The summed E-state index contributed by atoms with van der Waals surface area (Å²) < 4.78 is 13.4. The maximum absolute atomic E-state index is 5.70. The van der Waals surface area contributed by atoms with Crippen LogP contribution in [0.15, 0.2) is 59.3 Å². The highest BCUT2D eigenvalue weighted by atomic mass is 16.5. The van der Waals surface area contributed by atoms with Crippen molar-refractivity contribution in [1.82, 2.24) is 14.6 Å². The molecule has 3 aromatic rings. The van der Waals surface area contributed by atoms with Crippen molar-refractivity contribution in [2.24, 2.45) is 7.05 Å². The van der Waals surface area contributed by atoms with Crippen molar-refractivity contribution in [3.05, 3.63) is 66.1 Å². The fraction of sp³-hybridized carbons (Fsp3) is 0.316. The number of ether oxygens (including phenoxy) is 1. The van der Waals surface area contributed by atoms with Gasteiger partial charge in [-0.1, -0.05) is 35.5 Å². The molecular weight excluding hydrogens is 302 g/mol. The lowest BCUT2D eigenvalue weighted by Gasteiger charge is -2.35. The third-order valence-corrected chi connectivity index (χ3v) is 4.55. The summed E-state index contributed by atoms with van der Waals surface area (Å²) in [5, 5.41) is 4.26. The Bertz CT molecular complexity index is 794. The fourth-order valence-corrected chi connectivity index (χ4v) is 3.25. The highest BCUT2D eigenvalue weighted by molar-refractivity contribution is 5.56. The fourth-order valence-electron chi connectivity index (χ4n) is 3.25. The average Bonchev–Trinajstić information content (AvgIpc) is 3.25. The van der Waals surface area contributed by atoms with Gasteiger partial charge < -0.3 is 13.8 Å². The normalized spacial score (nSPS) is 18.8. The van der Waals surface area contributed by atoms with Gasteiger partial charge in [0.25, 0.3) is 0 Å². The van der Waals surface area contributed by atoms with Crippen LogP contribution in [0.5, 0.6) is 0 Å². The van der Waals surface area contributed by atoms with Crippen molar-refractivity contribution >= 4 is 0 Å². The van der Waals surface area contributed by atoms with E-state index in [0.717, 1.165) is 36.7 Å². The smallest absolute Gasteiger partial charge is 0.167 e. The van der Waals surface area contributed by atoms with E-state index in [9.17, 15) is 0 Å². The first-order valence-corrected chi connectivity index (χ1v) is 8.25. The number of hydrogen-bond acceptors (Lipinski definition) is 4. The SMILES string of the molecule is Cn1cccc1C1COCCN1Cc1cc(-c2ccccc2)on1. The third-order valence-electron chi connectivity index (χ3n) is 4.55. The lowest BCUT2D eigenvalue weighted by molar-refractivity contribution is -0.0160. The van der Waals surface area contributed by atoms with E-state index in [4.69, 9.17) is 9.26 Å². The molecule has 3 heterocycles. The Morgan fingerprint density at radius 1 is 1.17 bits per heavy atom. The monoisotopic (exact) mass is 323 g/mol. The molecule has 2 aromatic heterocycles. The third kappa shape index (κ3) is 3.00. The summed E-state index contributed by atoms with van der Waals surface area (Å²) in [6, 6.07) is 16.6. The number of hydrogen-bond donors (Lipinski definition) is 0. The summed E-state index contributed by atoms with van der Waals surface area (Å²) in [4.78, 5) is 2.41. The highest BCUT2D eigenvalue weighted by Crippen LogP contribution is 2.27. The van der Waals surface area contributed by atoms with Crippen molar-refractivity contribution in [3.8, 4) is 11.3 Å². The van der Waals surface area contributed by atoms with Crippen LogP contribution in [0.25, 0.3) is 11.3 Å². The van der Waals surface area contributed by atoms with Gasteiger partial charge in [-0.15, -0.1) is 0 Å². The van der Waals surface area contributed by atoms with Crippen molar-refractivity contribution in [3.63, 3.8) is 0 Å². The maximum Gasteiger partial charge on any atom is 0.167 e. The Balaban J connectivity index is 1.53. The lowest BCUT2D eigenvalue weighted by atomic mass is 10.1. The summed E-state index contributed by atoms with van der Waals surface area (Å²) in [5.74, 6) is 0.814. The van der Waals surface area contributed by atoms with Crippen molar-refractivity contribution < 1.29 is 9.26 Å². The number of aryl methyl sites for hydroxylation is 1. The maximum atomic E-state index is 5.70. The zero-order valence-corrected chi connectivity index (χ0v) is 13.8. The standard InChI is InChI=1S/C19H21N3O2/c1-21-9-5-8-17(21)18-14-23-11-10-22(18)13-16-12-19(24-20-16)15-6-3-2-4-7-15/h2-9,12,18H,10-11,13-14H2,1H3. The molecular formula is C19H21N3O2. The minimum atomic E-state index is 0.246. The van der Waals surface area contributed by atoms with Crippen molar-refractivity contribution in [1.29, 1.82) is 0 Å². The van der Waals surface area contributed by atoms with E-state index >= 15 is 0 Å². The van der Waals surface area contributed by atoms with E-state index in [-0.39, 0.29) is 6.04 Å². The molecule has 24 heavy (non-hydrogen) atoms. The van der Waals surface area contributed by atoms with E-state index in [1.54, 1.807) is 0 Å². The molecule has 1 saturated heterocycles. The first kappa shape index (κ1) is 15.2. The number of nitrogens with zero attached hydrogens (tertiary/aromatic N) is 3. The molecule has 0 amide bonds. The number of morpholine rings is 1. The van der Waals surface area contributed by atoms with Crippen LogP contribution in [0.4, 0.5) is 0 Å². The van der Waals surface area contributed by atoms with Gasteiger partial charge in [-0.3, -0.25) is 4.90 Å². The van der Waals surface area contributed by atoms with E-state index in [2.05, 4.69) is 40.0 Å². The lowest BCUT2D eigenvalue weighted by Crippen LogP contribution is -2.39. The predicted molar refractivity (Wildman–Crippen MR) is 91.3 cm³/mol. The van der Waals surface area contributed by atoms with Gasteiger partial charge in [0.1, 0.15) is 0 Å². The van der Waals surface area contributed by atoms with Gasteiger partial charge in [0, 0.05) is 43.7 Å². The summed E-state index contributed by atoms with van der Waals surface area (Å²) in [6.07, 6.45) is 2.08. The molecule has 1 aliphatic rings. The van der Waals surface area contributed by atoms with Gasteiger partial charge in [-0.2, -0.15) is 0 Å². The van der Waals surface area contributed by atoms with Gasteiger partial charge >= 0.3 is 0 Å². The molecule has 0 saturated carbocycles. The van der Waals surface area contributed by atoms with E-state index in [1.807, 2.05) is 36.4 Å². The molecule has 0 bridgehead atoms. The molecule has 124 valence electrons. The number of benzene rings is 1. The first-order chi connectivity index (χ1) is 11.8. The van der Waals surface area contributed by atoms with E-state index in [1.165, 1.54) is 5.69 Å². The Labute approximate surface area is 141 Å². The summed E-state index contributed by atoms with van der Waals surface area (Å²) >= 11 is 0. The molecule has 1 fully saturated rings. The van der Waals surface area contributed by atoms with Crippen LogP contribution in [0.1, 0.15) is 17.4 Å². The second-order valence-corrected chi connectivity index (χ2v) is 6.15. The number of rotatable bonds is 4. The molecule has 0 radical (unpaired) electrons. The van der Waals surface area contributed by atoms with Crippen LogP contribution in [0.3, 0.4) is 0 Å². The van der Waals surface area contributed by atoms with Crippen LogP contribution < -0.4 is 0 Å². The minimum Gasteiger partial charge on any atom is -0.378 e. The van der Waals surface area contributed by atoms with Gasteiger partial charge in [-0.05, 0) is 12.1 Å². The molecule has 1 aromatic carbocycles. The molecule has 5 nitrogen and oxygen atoms in total. The largest absolute Gasteiger partial charge is 0.378 e. The highest BCUT2D eigenvalue weighted by Gasteiger charge is 2.27. The van der Waals surface area contributed by atoms with Crippen LogP contribution >= 0.6 is 0 Å². The van der Waals surface area contributed by atoms with Gasteiger partial charge in [0.15, 0.2) is 5.76 Å². The second-order valence-electron chi connectivity index (χ2n) is 6.15. The molecule has 1 aliphatic heterocycles. The van der Waals surface area contributed by atoms with E-state index in [0.29, 0.717) is 6.61 Å². The molecule has 1 unspecified atom stereocenters. The van der Waals surface area contributed by atoms with Gasteiger partial charge in [0.05, 0.1) is 24.9 Å². The van der Waals surface area contributed by atoms with Crippen molar-refractivity contribution in [2.45, 2.75) is 12.6 Å². The molecule has 0 N–H and O–H groups in total. The van der Waals surface area contributed by atoms with E-state index < -0.39 is 0 Å². The Morgan fingerprint density at radius 3 is 2.83 bits per heavy atom. The molecule has 1 atom stereocenters. The summed E-state index contributed by atoms with van der Waals surface area (Å²) in [7, 11) is 2.08.